The van der Waals surface area contributed by atoms with Crippen molar-refractivity contribution in [3.05, 3.63) is 28.8 Å². The summed E-state index contributed by atoms with van der Waals surface area (Å²) in [5.74, 6) is -1.52. The Hall–Kier alpha value is -2.08. The molecule has 1 aromatic carbocycles. The van der Waals surface area contributed by atoms with E-state index in [1.165, 1.54) is 11.0 Å². The molecule has 0 spiro atoms. The summed E-state index contributed by atoms with van der Waals surface area (Å²) in [4.78, 5) is 36.3. The van der Waals surface area contributed by atoms with Crippen molar-refractivity contribution in [2.75, 3.05) is 12.3 Å². The largest absolute Gasteiger partial charge is 0.398 e. The molecule has 0 aromatic heterocycles. The maximum absolute atomic E-state index is 12.3. The molecular weight excluding hydrogens is 270 g/mol. The van der Waals surface area contributed by atoms with Gasteiger partial charge in [0.2, 0.25) is 11.8 Å². The molecule has 0 aliphatic carbocycles. The lowest BCUT2D eigenvalue weighted by Gasteiger charge is -2.31. The summed E-state index contributed by atoms with van der Waals surface area (Å²) in [7, 11) is 0. The average Bonchev–Trinajstić information content (AvgIpc) is 2.36. The third-order valence-electron chi connectivity index (χ3n) is 2.94. The van der Waals surface area contributed by atoms with E-state index in [0.717, 1.165) is 0 Å². The highest BCUT2D eigenvalue weighted by atomic mass is 35.5. The van der Waals surface area contributed by atoms with E-state index < -0.39 is 23.8 Å². The van der Waals surface area contributed by atoms with Crippen LogP contribution in [-0.4, -0.2) is 35.2 Å². The summed E-state index contributed by atoms with van der Waals surface area (Å²) in [6.45, 7) is 1.36. The van der Waals surface area contributed by atoms with Crippen molar-refractivity contribution in [1.82, 2.24) is 10.2 Å². The summed E-state index contributed by atoms with van der Waals surface area (Å²) < 4.78 is 0. The highest BCUT2D eigenvalue weighted by Gasteiger charge is 2.34. The second-order valence-electron chi connectivity index (χ2n) is 4.23. The number of nitrogens with zero attached hydrogens (tertiary/aromatic N) is 1. The lowest BCUT2D eigenvalue weighted by atomic mass is 10.1. The fourth-order valence-corrected chi connectivity index (χ4v) is 2.04. The Morgan fingerprint density at radius 1 is 1.47 bits per heavy atom. The van der Waals surface area contributed by atoms with E-state index in [4.69, 9.17) is 17.3 Å². The lowest BCUT2D eigenvalue weighted by Crippen LogP contribution is -2.58. The summed E-state index contributed by atoms with van der Waals surface area (Å²) in [5, 5.41) is 2.29. The van der Waals surface area contributed by atoms with Gasteiger partial charge in [0.25, 0.3) is 5.91 Å². The molecule has 6 nitrogen and oxygen atoms in total. The van der Waals surface area contributed by atoms with E-state index in [0.29, 0.717) is 0 Å². The molecule has 3 amide bonds. The van der Waals surface area contributed by atoms with E-state index in [9.17, 15) is 14.4 Å². The van der Waals surface area contributed by atoms with Crippen LogP contribution >= 0.6 is 11.6 Å². The summed E-state index contributed by atoms with van der Waals surface area (Å²) in [6.07, 6.45) is 0. The molecule has 1 aliphatic heterocycles. The number of amides is 3. The molecule has 0 bridgehead atoms. The number of anilines is 1. The van der Waals surface area contributed by atoms with Crippen molar-refractivity contribution >= 4 is 35.0 Å². The highest BCUT2D eigenvalue weighted by Crippen LogP contribution is 2.25. The molecule has 7 heteroatoms. The SMILES string of the molecule is CC1C(=O)NC(=O)CN1C(=O)c1cccc(N)c1Cl. The lowest BCUT2D eigenvalue weighted by molar-refractivity contribution is -0.138. The van der Waals surface area contributed by atoms with Gasteiger partial charge in [-0.2, -0.15) is 0 Å². The van der Waals surface area contributed by atoms with E-state index in [-0.39, 0.29) is 22.8 Å². The van der Waals surface area contributed by atoms with Crippen molar-refractivity contribution < 1.29 is 14.4 Å². The fraction of sp³-hybridized carbons (Fsp3) is 0.250. The van der Waals surface area contributed by atoms with Crippen LogP contribution in [0.2, 0.25) is 5.02 Å². The van der Waals surface area contributed by atoms with Crippen molar-refractivity contribution in [2.45, 2.75) is 13.0 Å². The summed E-state index contributed by atoms with van der Waals surface area (Å²) >= 11 is 5.97. The molecule has 0 saturated carbocycles. The quantitative estimate of drug-likeness (QED) is 0.576. The molecule has 0 radical (unpaired) electrons. The van der Waals surface area contributed by atoms with Gasteiger partial charge in [-0.1, -0.05) is 17.7 Å². The van der Waals surface area contributed by atoms with Crippen LogP contribution < -0.4 is 11.1 Å². The van der Waals surface area contributed by atoms with Gasteiger partial charge in [-0.15, -0.1) is 0 Å². The van der Waals surface area contributed by atoms with Crippen LogP contribution in [0.1, 0.15) is 17.3 Å². The maximum Gasteiger partial charge on any atom is 0.256 e. The number of hydrogen-bond donors (Lipinski definition) is 2. The number of benzene rings is 1. The van der Waals surface area contributed by atoms with Crippen LogP contribution in [0.15, 0.2) is 18.2 Å². The Balaban J connectivity index is 2.35. The zero-order chi connectivity index (χ0) is 14.2. The van der Waals surface area contributed by atoms with Gasteiger partial charge in [0, 0.05) is 0 Å². The zero-order valence-corrected chi connectivity index (χ0v) is 10.9. The number of imide groups is 1. The Kier molecular flexibility index (Phi) is 3.44. The first-order valence-electron chi connectivity index (χ1n) is 5.60. The van der Waals surface area contributed by atoms with Crippen LogP contribution in [0.5, 0.6) is 0 Å². The molecule has 2 rings (SSSR count). The van der Waals surface area contributed by atoms with Gasteiger partial charge in [0.15, 0.2) is 0 Å². The molecule has 1 aliphatic rings. The number of nitrogens with one attached hydrogen (secondary N) is 1. The third kappa shape index (κ3) is 2.39. The first-order valence-corrected chi connectivity index (χ1v) is 5.98. The normalized spacial score (nSPS) is 19.3. The van der Waals surface area contributed by atoms with Gasteiger partial charge < -0.3 is 10.6 Å². The van der Waals surface area contributed by atoms with E-state index in [2.05, 4.69) is 5.32 Å². The Morgan fingerprint density at radius 3 is 2.84 bits per heavy atom. The molecule has 1 atom stereocenters. The number of nitrogen functional groups attached to an aromatic ring is 1. The molecule has 1 unspecified atom stereocenters. The zero-order valence-electron chi connectivity index (χ0n) is 10.1. The second kappa shape index (κ2) is 4.89. The van der Waals surface area contributed by atoms with Crippen LogP contribution in [0.3, 0.4) is 0 Å². The summed E-state index contributed by atoms with van der Waals surface area (Å²) in [6, 6.07) is 3.93. The standard InChI is InChI=1S/C12H12ClN3O3/c1-6-11(18)15-9(17)5-16(6)12(19)7-3-2-4-8(14)10(7)13/h2-4,6H,5,14H2,1H3,(H,15,17,18). The van der Waals surface area contributed by atoms with Gasteiger partial charge >= 0.3 is 0 Å². The predicted octanol–water partition coefficient (Wildman–Crippen LogP) is 0.409. The molecule has 1 saturated heterocycles. The third-order valence-corrected chi connectivity index (χ3v) is 3.37. The van der Waals surface area contributed by atoms with Gasteiger partial charge in [-0.3, -0.25) is 19.7 Å². The minimum absolute atomic E-state index is 0.123. The van der Waals surface area contributed by atoms with E-state index >= 15 is 0 Å². The molecule has 100 valence electrons. The van der Waals surface area contributed by atoms with Crippen molar-refractivity contribution in [1.29, 1.82) is 0 Å². The predicted molar refractivity (Wildman–Crippen MR) is 69.5 cm³/mol. The number of carbonyl (C=O) groups excluding carboxylic acids is 3. The molecule has 1 fully saturated rings. The molecule has 1 aromatic rings. The molecule has 1 heterocycles. The minimum atomic E-state index is -0.734. The first kappa shape index (κ1) is 13.4. The fourth-order valence-electron chi connectivity index (χ4n) is 1.83. The van der Waals surface area contributed by atoms with Crippen molar-refractivity contribution in [2.24, 2.45) is 0 Å². The van der Waals surface area contributed by atoms with E-state index in [1.807, 2.05) is 0 Å². The van der Waals surface area contributed by atoms with Crippen molar-refractivity contribution in [3.63, 3.8) is 0 Å². The average molecular weight is 282 g/mol. The number of nitrogens with two attached hydrogens (primary N) is 1. The molecular formula is C12H12ClN3O3. The topological polar surface area (TPSA) is 92.5 Å². The van der Waals surface area contributed by atoms with Crippen LogP contribution in [0.25, 0.3) is 0 Å². The Labute approximate surface area is 114 Å². The number of rotatable bonds is 1. The Bertz CT molecular complexity index is 573. The van der Waals surface area contributed by atoms with Gasteiger partial charge in [0.05, 0.1) is 16.3 Å². The first-order chi connectivity index (χ1) is 8.91. The van der Waals surface area contributed by atoms with E-state index in [1.54, 1.807) is 19.1 Å². The highest BCUT2D eigenvalue weighted by molar-refractivity contribution is 6.36. The second-order valence-corrected chi connectivity index (χ2v) is 4.61. The monoisotopic (exact) mass is 281 g/mol. The number of piperazine rings is 1. The number of hydrogen-bond acceptors (Lipinski definition) is 4. The molecule has 3 N–H and O–H groups in total. The number of carbonyl (C=O) groups is 3. The van der Waals surface area contributed by atoms with Gasteiger partial charge in [-0.25, -0.2) is 0 Å². The Morgan fingerprint density at radius 2 is 2.16 bits per heavy atom. The number of halogens is 1. The van der Waals surface area contributed by atoms with Crippen LogP contribution in [0, 0.1) is 0 Å². The van der Waals surface area contributed by atoms with Gasteiger partial charge in [-0.05, 0) is 19.1 Å². The van der Waals surface area contributed by atoms with Crippen molar-refractivity contribution in [3.8, 4) is 0 Å². The van der Waals surface area contributed by atoms with Crippen LogP contribution in [0.4, 0.5) is 5.69 Å². The minimum Gasteiger partial charge on any atom is -0.398 e. The maximum atomic E-state index is 12.3. The van der Waals surface area contributed by atoms with Gasteiger partial charge in [0.1, 0.15) is 12.6 Å². The smallest absolute Gasteiger partial charge is 0.256 e. The van der Waals surface area contributed by atoms with Crippen LogP contribution in [-0.2, 0) is 9.59 Å². The summed E-state index contributed by atoms with van der Waals surface area (Å²) in [5.41, 5.74) is 6.08. The molecule has 19 heavy (non-hydrogen) atoms.